The van der Waals surface area contributed by atoms with Gasteiger partial charge in [0.2, 0.25) is 0 Å². The van der Waals surface area contributed by atoms with Gasteiger partial charge in [0, 0.05) is 6.54 Å². The summed E-state index contributed by atoms with van der Waals surface area (Å²) in [5.74, 6) is -0.121. The number of amides is 2. The van der Waals surface area contributed by atoms with Crippen molar-refractivity contribution in [3.63, 3.8) is 0 Å². The Hall–Kier alpha value is -3.60. The van der Waals surface area contributed by atoms with Crippen molar-refractivity contribution < 1.29 is 14.3 Å². The lowest BCUT2D eigenvalue weighted by Crippen LogP contribution is -2.31. The minimum absolute atomic E-state index is 0.128. The maximum absolute atomic E-state index is 12.6. The summed E-state index contributed by atoms with van der Waals surface area (Å²) in [4.78, 5) is 24.8. The number of para-hydroxylation sites is 1. The Morgan fingerprint density at radius 3 is 2.21 bits per heavy atom. The highest BCUT2D eigenvalue weighted by Gasteiger charge is 2.14. The van der Waals surface area contributed by atoms with Crippen molar-refractivity contribution >= 4 is 11.8 Å². The van der Waals surface area contributed by atoms with Gasteiger partial charge in [0.05, 0.1) is 11.6 Å². The SMILES string of the molecule is C[C@H](NC(=O)COc1ccccc1C(=O)NCc1ccccc1)c1ccccc1. The minimum Gasteiger partial charge on any atom is -0.483 e. The van der Waals surface area contributed by atoms with Crippen LogP contribution < -0.4 is 15.4 Å². The van der Waals surface area contributed by atoms with Crippen LogP contribution >= 0.6 is 0 Å². The molecule has 0 aliphatic carbocycles. The zero-order chi connectivity index (χ0) is 20.5. The molecule has 0 aliphatic heterocycles. The van der Waals surface area contributed by atoms with Crippen molar-refractivity contribution in [2.24, 2.45) is 0 Å². The van der Waals surface area contributed by atoms with Gasteiger partial charge in [-0.1, -0.05) is 72.8 Å². The van der Waals surface area contributed by atoms with E-state index >= 15 is 0 Å². The quantitative estimate of drug-likeness (QED) is 0.616. The Morgan fingerprint density at radius 1 is 0.862 bits per heavy atom. The number of carbonyl (C=O) groups is 2. The van der Waals surface area contributed by atoms with E-state index in [4.69, 9.17) is 4.74 Å². The van der Waals surface area contributed by atoms with Crippen LogP contribution in [0.1, 0.15) is 34.5 Å². The van der Waals surface area contributed by atoms with Gasteiger partial charge in [0.1, 0.15) is 5.75 Å². The lowest BCUT2D eigenvalue weighted by Gasteiger charge is -2.15. The van der Waals surface area contributed by atoms with E-state index in [1.54, 1.807) is 24.3 Å². The molecule has 3 aromatic rings. The Labute approximate surface area is 170 Å². The Morgan fingerprint density at radius 2 is 1.48 bits per heavy atom. The third-order valence-corrected chi connectivity index (χ3v) is 4.46. The van der Waals surface area contributed by atoms with E-state index in [0.717, 1.165) is 11.1 Å². The largest absolute Gasteiger partial charge is 0.483 e. The Bertz CT molecular complexity index is 943. The molecule has 1 atom stereocenters. The van der Waals surface area contributed by atoms with Crippen LogP contribution in [0, 0.1) is 0 Å². The van der Waals surface area contributed by atoms with Crippen molar-refractivity contribution in [1.29, 1.82) is 0 Å². The molecule has 0 radical (unpaired) electrons. The maximum Gasteiger partial charge on any atom is 0.258 e. The zero-order valence-electron chi connectivity index (χ0n) is 16.3. The standard InChI is InChI=1S/C24H24N2O3/c1-18(20-12-6-3-7-13-20)26-23(27)17-29-22-15-9-8-14-21(22)24(28)25-16-19-10-4-2-5-11-19/h2-15,18H,16-17H2,1H3,(H,25,28)(H,26,27)/t18-/m0/s1. The lowest BCUT2D eigenvalue weighted by molar-refractivity contribution is -0.123. The van der Waals surface area contributed by atoms with Gasteiger partial charge in [-0.15, -0.1) is 0 Å². The van der Waals surface area contributed by atoms with Crippen molar-refractivity contribution in [3.8, 4) is 5.75 Å². The average molecular weight is 388 g/mol. The first-order valence-electron chi connectivity index (χ1n) is 9.52. The second kappa shape index (κ2) is 10.1. The fourth-order valence-electron chi connectivity index (χ4n) is 2.91. The van der Waals surface area contributed by atoms with E-state index in [1.165, 1.54) is 0 Å². The highest BCUT2D eigenvalue weighted by atomic mass is 16.5. The third-order valence-electron chi connectivity index (χ3n) is 4.46. The summed E-state index contributed by atoms with van der Waals surface area (Å²) in [6.45, 7) is 2.17. The molecule has 0 spiro atoms. The summed E-state index contributed by atoms with van der Waals surface area (Å²) >= 11 is 0. The molecule has 0 bridgehead atoms. The Kier molecular flexibility index (Phi) is 7.00. The Balaban J connectivity index is 1.56. The molecule has 2 N–H and O–H groups in total. The number of hydrogen-bond acceptors (Lipinski definition) is 3. The van der Waals surface area contributed by atoms with E-state index in [-0.39, 0.29) is 24.5 Å². The van der Waals surface area contributed by atoms with Crippen LogP contribution in [0.4, 0.5) is 0 Å². The molecular formula is C24H24N2O3. The monoisotopic (exact) mass is 388 g/mol. The molecule has 0 saturated heterocycles. The molecule has 0 saturated carbocycles. The molecule has 0 fully saturated rings. The van der Waals surface area contributed by atoms with Gasteiger partial charge >= 0.3 is 0 Å². The molecule has 29 heavy (non-hydrogen) atoms. The van der Waals surface area contributed by atoms with Gasteiger partial charge in [0.15, 0.2) is 6.61 Å². The van der Waals surface area contributed by atoms with Crippen molar-refractivity contribution in [2.45, 2.75) is 19.5 Å². The van der Waals surface area contributed by atoms with Crippen LogP contribution in [0.5, 0.6) is 5.75 Å². The van der Waals surface area contributed by atoms with Crippen molar-refractivity contribution in [2.75, 3.05) is 6.61 Å². The first-order valence-corrected chi connectivity index (χ1v) is 9.52. The van der Waals surface area contributed by atoms with Crippen molar-refractivity contribution in [3.05, 3.63) is 102 Å². The van der Waals surface area contributed by atoms with E-state index in [1.807, 2.05) is 67.6 Å². The van der Waals surface area contributed by atoms with E-state index in [0.29, 0.717) is 17.9 Å². The first-order chi connectivity index (χ1) is 14.1. The van der Waals surface area contributed by atoms with E-state index in [9.17, 15) is 9.59 Å². The van der Waals surface area contributed by atoms with Gasteiger partial charge in [-0.3, -0.25) is 9.59 Å². The molecule has 2 amide bonds. The molecule has 0 aromatic heterocycles. The van der Waals surface area contributed by atoms with Gasteiger partial charge in [0.25, 0.3) is 11.8 Å². The number of rotatable bonds is 8. The van der Waals surface area contributed by atoms with Gasteiger partial charge in [-0.05, 0) is 30.2 Å². The summed E-state index contributed by atoms with van der Waals surface area (Å²) in [6.07, 6.45) is 0. The molecule has 0 heterocycles. The van der Waals surface area contributed by atoms with Gasteiger partial charge in [-0.2, -0.15) is 0 Å². The summed E-state index contributed by atoms with van der Waals surface area (Å²) < 4.78 is 5.64. The van der Waals surface area contributed by atoms with Crippen molar-refractivity contribution in [1.82, 2.24) is 10.6 Å². The fraction of sp³-hybridized carbons (Fsp3) is 0.167. The summed E-state index contributed by atoms with van der Waals surface area (Å²) in [5, 5.41) is 5.77. The summed E-state index contributed by atoms with van der Waals surface area (Å²) in [7, 11) is 0. The lowest BCUT2D eigenvalue weighted by atomic mass is 10.1. The second-order valence-electron chi connectivity index (χ2n) is 6.65. The first kappa shape index (κ1) is 20.1. The van der Waals surface area contributed by atoms with Crippen LogP contribution in [-0.2, 0) is 11.3 Å². The topological polar surface area (TPSA) is 67.4 Å². The predicted octanol–water partition coefficient (Wildman–Crippen LogP) is 3.87. The van der Waals surface area contributed by atoms with Crippen LogP contribution in [0.15, 0.2) is 84.9 Å². The normalized spacial score (nSPS) is 11.3. The number of carbonyl (C=O) groups excluding carboxylic acids is 2. The molecule has 3 rings (SSSR count). The fourth-order valence-corrected chi connectivity index (χ4v) is 2.91. The smallest absolute Gasteiger partial charge is 0.258 e. The molecule has 5 heteroatoms. The molecule has 3 aromatic carbocycles. The number of hydrogen-bond donors (Lipinski definition) is 2. The molecule has 5 nitrogen and oxygen atoms in total. The highest BCUT2D eigenvalue weighted by Crippen LogP contribution is 2.18. The zero-order valence-corrected chi connectivity index (χ0v) is 16.3. The number of nitrogens with one attached hydrogen (secondary N) is 2. The minimum atomic E-state index is -0.249. The van der Waals surface area contributed by atoms with E-state index in [2.05, 4.69) is 10.6 Å². The average Bonchev–Trinajstić information content (AvgIpc) is 2.77. The van der Waals surface area contributed by atoms with Gasteiger partial charge < -0.3 is 15.4 Å². The van der Waals surface area contributed by atoms with Crippen LogP contribution in [0.25, 0.3) is 0 Å². The highest BCUT2D eigenvalue weighted by molar-refractivity contribution is 5.97. The molecular weight excluding hydrogens is 364 g/mol. The molecule has 0 aliphatic rings. The number of benzene rings is 3. The summed E-state index contributed by atoms with van der Waals surface area (Å²) in [6, 6.07) is 26.1. The maximum atomic E-state index is 12.6. The summed E-state index contributed by atoms with van der Waals surface area (Å²) in [5.41, 5.74) is 2.42. The van der Waals surface area contributed by atoms with Crippen LogP contribution in [0.3, 0.4) is 0 Å². The number of ether oxygens (including phenoxy) is 1. The second-order valence-corrected chi connectivity index (χ2v) is 6.65. The predicted molar refractivity (Wildman–Crippen MR) is 113 cm³/mol. The molecule has 148 valence electrons. The van der Waals surface area contributed by atoms with Crippen LogP contribution in [0.2, 0.25) is 0 Å². The third kappa shape index (κ3) is 5.94. The van der Waals surface area contributed by atoms with E-state index < -0.39 is 0 Å². The van der Waals surface area contributed by atoms with Gasteiger partial charge in [-0.25, -0.2) is 0 Å². The van der Waals surface area contributed by atoms with Crippen LogP contribution in [-0.4, -0.2) is 18.4 Å². The molecule has 0 unspecified atom stereocenters.